The van der Waals surface area contributed by atoms with Crippen LogP contribution in [0.25, 0.3) is 11.3 Å². The van der Waals surface area contributed by atoms with Crippen molar-refractivity contribution in [3.8, 4) is 22.8 Å². The topological polar surface area (TPSA) is 64.8 Å². The number of nitrogens with zero attached hydrogens (tertiary/aromatic N) is 2. The molecule has 31 heavy (non-hydrogen) atoms. The lowest BCUT2D eigenvalue weighted by Gasteiger charge is -2.18. The molecule has 0 aliphatic carbocycles. The number of amides is 1. The fraction of sp³-hybridized carbons (Fsp3) is 0.273. The Hall–Kier alpha value is -3.49. The molecule has 0 radical (unpaired) electrons. The van der Waals surface area contributed by atoms with Crippen LogP contribution in [0, 0.1) is 5.82 Å². The number of carbonyl (C=O) groups excluding carboxylic acids is 1. The van der Waals surface area contributed by atoms with Gasteiger partial charge in [0.15, 0.2) is 23.1 Å². The van der Waals surface area contributed by atoms with E-state index in [2.05, 4.69) is 9.72 Å². The molecule has 0 aliphatic rings. The van der Waals surface area contributed by atoms with E-state index in [0.717, 1.165) is 0 Å². The van der Waals surface area contributed by atoms with Gasteiger partial charge in [0.2, 0.25) is 5.91 Å². The molecule has 3 aromatic rings. The van der Waals surface area contributed by atoms with Gasteiger partial charge < -0.3 is 18.8 Å². The summed E-state index contributed by atoms with van der Waals surface area (Å²) in [5.74, 6) is 0.116. The van der Waals surface area contributed by atoms with Crippen molar-refractivity contribution in [1.82, 2.24) is 9.88 Å². The van der Waals surface area contributed by atoms with Crippen molar-refractivity contribution in [2.24, 2.45) is 0 Å². The molecule has 0 saturated carbocycles. The maximum absolute atomic E-state index is 13.9. The first-order valence-corrected chi connectivity index (χ1v) is 9.42. The van der Waals surface area contributed by atoms with Crippen molar-refractivity contribution in [2.45, 2.75) is 26.0 Å². The molecular weight excluding hydrogens is 413 g/mol. The lowest BCUT2D eigenvalue weighted by atomic mass is 10.2. The van der Waals surface area contributed by atoms with E-state index in [-0.39, 0.29) is 36.8 Å². The van der Waals surface area contributed by atoms with Crippen LogP contribution < -0.4 is 9.47 Å². The van der Waals surface area contributed by atoms with Gasteiger partial charge in [-0.2, -0.15) is 8.78 Å². The second kappa shape index (κ2) is 10.0. The van der Waals surface area contributed by atoms with Crippen LogP contribution in [0.2, 0.25) is 0 Å². The Bertz CT molecular complexity index is 1040. The maximum atomic E-state index is 13.9. The molecule has 0 unspecified atom stereocenters. The van der Waals surface area contributed by atoms with E-state index in [1.54, 1.807) is 31.3 Å². The highest BCUT2D eigenvalue weighted by Gasteiger charge is 2.16. The van der Waals surface area contributed by atoms with Crippen molar-refractivity contribution in [2.75, 3.05) is 14.2 Å². The number of hydrogen-bond acceptors (Lipinski definition) is 5. The zero-order valence-corrected chi connectivity index (χ0v) is 17.0. The molecule has 1 aromatic heterocycles. The van der Waals surface area contributed by atoms with Crippen LogP contribution in [0.4, 0.5) is 13.2 Å². The molecule has 1 heterocycles. The first-order valence-electron chi connectivity index (χ1n) is 9.42. The highest BCUT2D eigenvalue weighted by molar-refractivity contribution is 5.76. The number of carbonyl (C=O) groups is 1. The van der Waals surface area contributed by atoms with Crippen LogP contribution in [0.1, 0.15) is 17.9 Å². The van der Waals surface area contributed by atoms with Crippen molar-refractivity contribution < 1.29 is 31.9 Å². The van der Waals surface area contributed by atoms with Crippen LogP contribution in [0.15, 0.2) is 53.1 Å². The Kier molecular flexibility index (Phi) is 7.17. The van der Waals surface area contributed by atoms with E-state index in [4.69, 9.17) is 9.15 Å². The van der Waals surface area contributed by atoms with Crippen LogP contribution in [-0.2, 0) is 17.8 Å². The molecule has 3 rings (SSSR count). The monoisotopic (exact) mass is 434 g/mol. The van der Waals surface area contributed by atoms with E-state index in [9.17, 15) is 18.0 Å². The van der Waals surface area contributed by atoms with Gasteiger partial charge in [-0.05, 0) is 29.8 Å². The molecule has 0 spiro atoms. The summed E-state index contributed by atoms with van der Waals surface area (Å²) in [6.45, 7) is -2.71. The largest absolute Gasteiger partial charge is 0.493 e. The van der Waals surface area contributed by atoms with Gasteiger partial charge >= 0.3 is 6.61 Å². The Morgan fingerprint density at radius 3 is 2.68 bits per heavy atom. The zero-order valence-electron chi connectivity index (χ0n) is 17.0. The van der Waals surface area contributed by atoms with Crippen molar-refractivity contribution in [3.05, 3.63) is 65.9 Å². The minimum absolute atomic E-state index is 0.0789. The number of benzene rings is 2. The van der Waals surface area contributed by atoms with E-state index < -0.39 is 12.4 Å². The number of oxazole rings is 1. The summed E-state index contributed by atoms with van der Waals surface area (Å²) in [6, 6.07) is 10.7. The number of hydrogen-bond donors (Lipinski definition) is 0. The predicted molar refractivity (Wildman–Crippen MR) is 106 cm³/mol. The number of methoxy groups -OCH3 is 1. The maximum Gasteiger partial charge on any atom is 0.387 e. The summed E-state index contributed by atoms with van der Waals surface area (Å²) in [6.07, 6.45) is 1.82. The second-order valence-corrected chi connectivity index (χ2v) is 6.71. The van der Waals surface area contributed by atoms with Gasteiger partial charge in [-0.1, -0.05) is 18.2 Å². The summed E-state index contributed by atoms with van der Waals surface area (Å²) < 4.78 is 53.7. The molecule has 0 N–H and O–H groups in total. The number of aryl methyl sites for hydroxylation is 1. The summed E-state index contributed by atoms with van der Waals surface area (Å²) in [5, 5.41) is 0. The third kappa shape index (κ3) is 5.78. The molecule has 6 nitrogen and oxygen atoms in total. The fourth-order valence-corrected chi connectivity index (χ4v) is 2.98. The molecule has 0 bridgehead atoms. The van der Waals surface area contributed by atoms with Gasteiger partial charge in [-0.15, -0.1) is 0 Å². The fourth-order valence-electron chi connectivity index (χ4n) is 2.98. The van der Waals surface area contributed by atoms with Gasteiger partial charge in [0.1, 0.15) is 5.82 Å². The third-order valence-electron chi connectivity index (χ3n) is 4.54. The van der Waals surface area contributed by atoms with E-state index in [1.165, 1.54) is 36.4 Å². The van der Waals surface area contributed by atoms with Gasteiger partial charge in [0, 0.05) is 26.4 Å². The number of ether oxygens (including phenoxy) is 2. The number of aromatic nitrogens is 1. The Labute approximate surface area is 177 Å². The predicted octanol–water partition coefficient (Wildman–Crippen LogP) is 4.68. The molecule has 0 atom stereocenters. The molecule has 2 aromatic carbocycles. The Morgan fingerprint density at radius 1 is 1.19 bits per heavy atom. The summed E-state index contributed by atoms with van der Waals surface area (Å²) in [4.78, 5) is 18.1. The van der Waals surface area contributed by atoms with Gasteiger partial charge in [-0.25, -0.2) is 9.37 Å². The highest BCUT2D eigenvalue weighted by Crippen LogP contribution is 2.30. The van der Waals surface area contributed by atoms with Gasteiger partial charge in [0.05, 0.1) is 18.9 Å². The van der Waals surface area contributed by atoms with Crippen molar-refractivity contribution >= 4 is 5.91 Å². The average molecular weight is 434 g/mol. The lowest BCUT2D eigenvalue weighted by Crippen LogP contribution is -2.26. The number of alkyl halides is 2. The summed E-state index contributed by atoms with van der Waals surface area (Å²) >= 11 is 0. The molecule has 0 saturated heterocycles. The summed E-state index contributed by atoms with van der Waals surface area (Å²) in [7, 11) is 2.97. The minimum Gasteiger partial charge on any atom is -0.493 e. The van der Waals surface area contributed by atoms with Gasteiger partial charge in [-0.3, -0.25) is 4.79 Å². The highest BCUT2D eigenvalue weighted by atomic mass is 19.3. The molecule has 164 valence electrons. The van der Waals surface area contributed by atoms with Crippen LogP contribution in [0.5, 0.6) is 11.5 Å². The smallest absolute Gasteiger partial charge is 0.387 e. The Balaban J connectivity index is 1.57. The van der Waals surface area contributed by atoms with Crippen LogP contribution in [-0.4, -0.2) is 36.6 Å². The first-order chi connectivity index (χ1) is 14.9. The molecule has 9 heteroatoms. The van der Waals surface area contributed by atoms with E-state index >= 15 is 0 Å². The number of halogens is 3. The van der Waals surface area contributed by atoms with Crippen LogP contribution in [0.3, 0.4) is 0 Å². The van der Waals surface area contributed by atoms with Crippen molar-refractivity contribution in [1.29, 1.82) is 0 Å². The van der Waals surface area contributed by atoms with Crippen LogP contribution >= 0.6 is 0 Å². The normalized spacial score (nSPS) is 10.9. The van der Waals surface area contributed by atoms with Crippen molar-refractivity contribution in [3.63, 3.8) is 0 Å². The number of rotatable bonds is 9. The second-order valence-electron chi connectivity index (χ2n) is 6.71. The van der Waals surface area contributed by atoms with E-state index in [1.807, 2.05) is 0 Å². The first kappa shape index (κ1) is 22.2. The standard InChI is InChI=1S/C22H21F3N2O4/c1-27(13-14-7-8-17(31-22(24)25)18(11-14)29-2)21(28)10-9-20-26-12-19(30-20)15-5-3-4-6-16(15)23/h3-8,11-12,22H,9-10,13H2,1-2H3. The summed E-state index contributed by atoms with van der Waals surface area (Å²) in [5.41, 5.74) is 0.991. The zero-order chi connectivity index (χ0) is 22.4. The molecule has 0 fully saturated rings. The average Bonchev–Trinajstić information content (AvgIpc) is 3.21. The Morgan fingerprint density at radius 2 is 1.97 bits per heavy atom. The SMILES string of the molecule is COc1cc(CN(C)C(=O)CCc2ncc(-c3ccccc3F)o2)ccc1OC(F)F. The third-order valence-corrected chi connectivity index (χ3v) is 4.54. The van der Waals surface area contributed by atoms with Gasteiger partial charge in [0.25, 0.3) is 0 Å². The molecule has 1 amide bonds. The quantitative estimate of drug-likeness (QED) is 0.489. The minimum atomic E-state index is -2.96. The molecular formula is C22H21F3N2O4. The van der Waals surface area contributed by atoms with E-state index in [0.29, 0.717) is 22.8 Å². The molecule has 0 aliphatic heterocycles. The lowest BCUT2D eigenvalue weighted by molar-refractivity contribution is -0.130.